The van der Waals surface area contributed by atoms with Crippen molar-refractivity contribution in [3.05, 3.63) is 35.4 Å². The molecular weight excluding hydrogens is 262 g/mol. The summed E-state index contributed by atoms with van der Waals surface area (Å²) in [7, 11) is 0. The Morgan fingerprint density at radius 2 is 1.76 bits per heavy atom. The maximum Gasteiger partial charge on any atom is 0.231 e. The third-order valence-corrected chi connectivity index (χ3v) is 4.04. The molecule has 0 saturated carbocycles. The minimum Gasteiger partial charge on any atom is -0.369 e. The monoisotopic (exact) mass is 289 g/mol. The summed E-state index contributed by atoms with van der Waals surface area (Å²) in [5.41, 5.74) is 8.18. The molecule has 21 heavy (non-hydrogen) atoms. The summed E-state index contributed by atoms with van der Waals surface area (Å²) in [6.45, 7) is 11.9. The zero-order valence-corrected chi connectivity index (χ0v) is 13.4. The highest BCUT2D eigenvalue weighted by molar-refractivity contribution is 5.75. The largest absolute Gasteiger partial charge is 0.369 e. The molecule has 1 saturated heterocycles. The number of carbonyl (C=O) groups is 1. The minimum absolute atomic E-state index is 0.191. The van der Waals surface area contributed by atoms with Crippen molar-refractivity contribution in [1.29, 1.82) is 0 Å². The summed E-state index contributed by atoms with van der Waals surface area (Å²) in [4.78, 5) is 15.5. The van der Waals surface area contributed by atoms with E-state index in [1.54, 1.807) is 0 Å². The number of nitrogens with zero attached hydrogens (tertiary/aromatic N) is 2. The number of nitrogens with two attached hydrogens (primary N) is 1. The van der Waals surface area contributed by atoms with Crippen molar-refractivity contribution in [2.45, 2.75) is 32.7 Å². The van der Waals surface area contributed by atoms with Gasteiger partial charge in [0, 0.05) is 32.7 Å². The number of carbonyl (C=O) groups excluding carboxylic acids is 1. The van der Waals surface area contributed by atoms with Crippen molar-refractivity contribution in [2.24, 2.45) is 5.73 Å². The molecule has 4 heteroatoms. The van der Waals surface area contributed by atoms with Crippen LogP contribution in [0.1, 0.15) is 31.9 Å². The fourth-order valence-electron chi connectivity index (χ4n) is 2.72. The average molecular weight is 289 g/mol. The third-order valence-electron chi connectivity index (χ3n) is 4.04. The highest BCUT2D eigenvalue weighted by Crippen LogP contribution is 2.23. The van der Waals surface area contributed by atoms with Gasteiger partial charge in [-0.05, 0) is 16.5 Å². The molecule has 0 aromatic heterocycles. The van der Waals surface area contributed by atoms with Gasteiger partial charge in [-0.3, -0.25) is 14.6 Å². The molecule has 0 bridgehead atoms. The topological polar surface area (TPSA) is 49.6 Å². The SMILES string of the molecule is CC(C)(C)c1cccc(CN2CCN(CC(N)=O)CC2)c1. The summed E-state index contributed by atoms with van der Waals surface area (Å²) in [6.07, 6.45) is 0. The van der Waals surface area contributed by atoms with Crippen LogP contribution in [0.2, 0.25) is 0 Å². The second-order valence-electron chi connectivity index (χ2n) is 6.97. The minimum atomic E-state index is -0.235. The second kappa shape index (κ2) is 6.58. The van der Waals surface area contributed by atoms with E-state index in [-0.39, 0.29) is 11.3 Å². The van der Waals surface area contributed by atoms with Gasteiger partial charge in [0.05, 0.1) is 6.54 Å². The van der Waals surface area contributed by atoms with E-state index in [2.05, 4.69) is 54.8 Å². The van der Waals surface area contributed by atoms with Crippen LogP contribution in [0.4, 0.5) is 0 Å². The van der Waals surface area contributed by atoms with Crippen LogP contribution in [-0.2, 0) is 16.8 Å². The average Bonchev–Trinajstić information content (AvgIpc) is 2.40. The number of amides is 1. The zero-order chi connectivity index (χ0) is 15.5. The Bertz CT molecular complexity index is 485. The number of hydrogen-bond donors (Lipinski definition) is 1. The molecule has 0 unspecified atom stereocenters. The molecule has 1 aliphatic heterocycles. The lowest BCUT2D eigenvalue weighted by Gasteiger charge is -2.34. The summed E-state index contributed by atoms with van der Waals surface area (Å²) in [5, 5.41) is 0. The van der Waals surface area contributed by atoms with E-state index in [4.69, 9.17) is 5.73 Å². The fraction of sp³-hybridized carbons (Fsp3) is 0.588. The van der Waals surface area contributed by atoms with Crippen LogP contribution in [0.5, 0.6) is 0 Å². The molecule has 0 spiro atoms. The molecule has 0 radical (unpaired) electrons. The van der Waals surface area contributed by atoms with E-state index >= 15 is 0 Å². The Morgan fingerprint density at radius 3 is 2.33 bits per heavy atom. The lowest BCUT2D eigenvalue weighted by Crippen LogP contribution is -2.48. The molecule has 4 nitrogen and oxygen atoms in total. The molecule has 1 heterocycles. The molecular formula is C17H27N3O. The van der Waals surface area contributed by atoms with Crippen LogP contribution in [0.25, 0.3) is 0 Å². The first-order valence-corrected chi connectivity index (χ1v) is 7.67. The van der Waals surface area contributed by atoms with Crippen molar-refractivity contribution >= 4 is 5.91 Å². The van der Waals surface area contributed by atoms with Gasteiger partial charge in [0.2, 0.25) is 5.91 Å². The Labute approximate surface area is 127 Å². The Kier molecular flexibility index (Phi) is 5.01. The van der Waals surface area contributed by atoms with E-state index in [9.17, 15) is 4.79 Å². The predicted molar refractivity (Wildman–Crippen MR) is 86.1 cm³/mol. The second-order valence-corrected chi connectivity index (χ2v) is 6.97. The number of rotatable bonds is 4. The van der Waals surface area contributed by atoms with E-state index in [0.717, 1.165) is 32.7 Å². The molecule has 2 N–H and O–H groups in total. The zero-order valence-electron chi connectivity index (χ0n) is 13.4. The van der Waals surface area contributed by atoms with Crippen LogP contribution >= 0.6 is 0 Å². The molecule has 0 aliphatic carbocycles. The highest BCUT2D eigenvalue weighted by atomic mass is 16.1. The Balaban J connectivity index is 1.90. The third kappa shape index (κ3) is 4.83. The van der Waals surface area contributed by atoms with Crippen LogP contribution in [0.15, 0.2) is 24.3 Å². The lowest BCUT2D eigenvalue weighted by molar-refractivity contribution is -0.119. The Hall–Kier alpha value is -1.39. The van der Waals surface area contributed by atoms with Crippen LogP contribution in [0, 0.1) is 0 Å². The van der Waals surface area contributed by atoms with Gasteiger partial charge in [-0.15, -0.1) is 0 Å². The normalized spacial score (nSPS) is 17.9. The van der Waals surface area contributed by atoms with Gasteiger partial charge in [0.15, 0.2) is 0 Å². The van der Waals surface area contributed by atoms with E-state index in [0.29, 0.717) is 6.54 Å². The summed E-state index contributed by atoms with van der Waals surface area (Å²) >= 11 is 0. The van der Waals surface area contributed by atoms with Crippen molar-refractivity contribution in [3.8, 4) is 0 Å². The fourth-order valence-corrected chi connectivity index (χ4v) is 2.72. The summed E-state index contributed by atoms with van der Waals surface area (Å²) < 4.78 is 0. The van der Waals surface area contributed by atoms with Crippen LogP contribution < -0.4 is 5.73 Å². The van der Waals surface area contributed by atoms with Gasteiger partial charge in [0.25, 0.3) is 0 Å². The number of piperazine rings is 1. The van der Waals surface area contributed by atoms with E-state index in [1.807, 2.05) is 0 Å². The summed E-state index contributed by atoms with van der Waals surface area (Å²) in [6, 6.07) is 8.87. The van der Waals surface area contributed by atoms with Crippen molar-refractivity contribution in [1.82, 2.24) is 9.80 Å². The molecule has 1 amide bonds. The number of benzene rings is 1. The molecule has 1 fully saturated rings. The first kappa shape index (κ1) is 16.0. The van der Waals surface area contributed by atoms with Crippen LogP contribution in [0.3, 0.4) is 0 Å². The van der Waals surface area contributed by atoms with Gasteiger partial charge >= 0.3 is 0 Å². The van der Waals surface area contributed by atoms with Gasteiger partial charge in [0.1, 0.15) is 0 Å². The van der Waals surface area contributed by atoms with Gasteiger partial charge < -0.3 is 5.73 Å². The molecule has 1 aliphatic rings. The predicted octanol–water partition coefficient (Wildman–Crippen LogP) is 1.59. The number of primary amides is 1. The van der Waals surface area contributed by atoms with Gasteiger partial charge in [-0.1, -0.05) is 45.0 Å². The molecule has 0 atom stereocenters. The van der Waals surface area contributed by atoms with Crippen molar-refractivity contribution in [2.75, 3.05) is 32.7 Å². The first-order chi connectivity index (χ1) is 9.84. The van der Waals surface area contributed by atoms with Crippen LogP contribution in [-0.4, -0.2) is 48.4 Å². The van der Waals surface area contributed by atoms with Crippen molar-refractivity contribution < 1.29 is 4.79 Å². The Morgan fingerprint density at radius 1 is 1.14 bits per heavy atom. The molecule has 116 valence electrons. The molecule has 1 aromatic carbocycles. The standard InChI is InChI=1S/C17H27N3O/c1-17(2,3)15-6-4-5-14(11-15)12-19-7-9-20(10-8-19)13-16(18)21/h4-6,11H,7-10,12-13H2,1-3H3,(H2,18,21). The van der Waals surface area contributed by atoms with Gasteiger partial charge in [-0.2, -0.15) is 0 Å². The van der Waals surface area contributed by atoms with Crippen molar-refractivity contribution in [3.63, 3.8) is 0 Å². The van der Waals surface area contributed by atoms with E-state index in [1.165, 1.54) is 11.1 Å². The smallest absolute Gasteiger partial charge is 0.231 e. The van der Waals surface area contributed by atoms with Gasteiger partial charge in [-0.25, -0.2) is 0 Å². The summed E-state index contributed by atoms with van der Waals surface area (Å²) in [5.74, 6) is -0.235. The first-order valence-electron chi connectivity index (χ1n) is 7.67. The highest BCUT2D eigenvalue weighted by Gasteiger charge is 2.19. The molecule has 1 aromatic rings. The quantitative estimate of drug-likeness (QED) is 0.915. The maximum absolute atomic E-state index is 10.9. The number of hydrogen-bond acceptors (Lipinski definition) is 3. The maximum atomic E-state index is 10.9. The van der Waals surface area contributed by atoms with E-state index < -0.39 is 0 Å². The lowest BCUT2D eigenvalue weighted by atomic mass is 9.86. The molecule has 2 rings (SSSR count).